The maximum absolute atomic E-state index is 3.56. The van der Waals surface area contributed by atoms with Crippen LogP contribution in [0.3, 0.4) is 0 Å². The summed E-state index contributed by atoms with van der Waals surface area (Å²) in [7, 11) is 2.27. The normalized spacial score (nSPS) is 17.8. The Morgan fingerprint density at radius 2 is 1.93 bits per heavy atom. The molecule has 2 heteroatoms. The van der Waals surface area contributed by atoms with Crippen molar-refractivity contribution in [3.05, 3.63) is 0 Å². The molecule has 90 valence electrons. The van der Waals surface area contributed by atoms with E-state index < -0.39 is 0 Å². The zero-order valence-electron chi connectivity index (χ0n) is 11.1. The number of nitrogens with one attached hydrogen (secondary N) is 1. The Balaban J connectivity index is 2.18. The van der Waals surface area contributed by atoms with Gasteiger partial charge < -0.3 is 10.2 Å². The van der Waals surface area contributed by atoms with Gasteiger partial charge in [-0.2, -0.15) is 0 Å². The number of nitrogens with zero attached hydrogens (tertiary/aromatic N) is 1. The minimum atomic E-state index is 0.395. The van der Waals surface area contributed by atoms with Gasteiger partial charge in [0.15, 0.2) is 0 Å². The van der Waals surface area contributed by atoms with Crippen molar-refractivity contribution < 1.29 is 0 Å². The predicted octanol–water partition coefficient (Wildman–Crippen LogP) is 2.35. The van der Waals surface area contributed by atoms with Crippen LogP contribution < -0.4 is 5.32 Å². The highest BCUT2D eigenvalue weighted by atomic mass is 15.2. The molecule has 0 aromatic heterocycles. The van der Waals surface area contributed by atoms with Gasteiger partial charge in [-0.15, -0.1) is 0 Å². The van der Waals surface area contributed by atoms with Crippen molar-refractivity contribution in [1.82, 2.24) is 10.2 Å². The van der Waals surface area contributed by atoms with E-state index in [4.69, 9.17) is 0 Å². The van der Waals surface area contributed by atoms with Crippen molar-refractivity contribution in [3.63, 3.8) is 0 Å². The van der Waals surface area contributed by atoms with Crippen LogP contribution in [0.4, 0.5) is 0 Å². The molecule has 0 atom stereocenters. The minimum Gasteiger partial charge on any atom is -0.316 e. The molecule has 2 nitrogen and oxygen atoms in total. The summed E-state index contributed by atoms with van der Waals surface area (Å²) in [4.78, 5) is 2.52. The Morgan fingerprint density at radius 1 is 1.33 bits per heavy atom. The van der Waals surface area contributed by atoms with E-state index in [0.29, 0.717) is 5.41 Å². The van der Waals surface area contributed by atoms with E-state index >= 15 is 0 Å². The molecule has 0 amide bonds. The van der Waals surface area contributed by atoms with Gasteiger partial charge in [0.25, 0.3) is 0 Å². The van der Waals surface area contributed by atoms with Crippen molar-refractivity contribution in [2.24, 2.45) is 11.3 Å². The molecule has 0 saturated heterocycles. The Kier molecular flexibility index (Phi) is 4.60. The highest BCUT2D eigenvalue weighted by Gasteiger charge is 2.30. The summed E-state index contributed by atoms with van der Waals surface area (Å²) < 4.78 is 0. The zero-order chi connectivity index (χ0) is 11.5. The highest BCUT2D eigenvalue weighted by molar-refractivity contribution is 4.86. The van der Waals surface area contributed by atoms with Crippen LogP contribution in [0.2, 0.25) is 0 Å². The number of hydrogen-bond donors (Lipinski definition) is 1. The summed E-state index contributed by atoms with van der Waals surface area (Å²) >= 11 is 0. The van der Waals surface area contributed by atoms with E-state index in [0.717, 1.165) is 25.0 Å². The van der Waals surface area contributed by atoms with Gasteiger partial charge in [-0.3, -0.25) is 0 Å². The molecular formula is C13H28N2. The van der Waals surface area contributed by atoms with Crippen LogP contribution in [-0.2, 0) is 0 Å². The van der Waals surface area contributed by atoms with Gasteiger partial charge >= 0.3 is 0 Å². The molecule has 0 aromatic carbocycles. The van der Waals surface area contributed by atoms with Crippen molar-refractivity contribution in [1.29, 1.82) is 0 Å². The molecule has 0 heterocycles. The molecule has 0 bridgehead atoms. The smallest absolute Gasteiger partial charge is 0.00936 e. The van der Waals surface area contributed by atoms with Crippen molar-refractivity contribution in [2.75, 3.05) is 26.7 Å². The summed E-state index contributed by atoms with van der Waals surface area (Å²) in [6.07, 6.45) is 2.82. The molecule has 15 heavy (non-hydrogen) atoms. The molecular weight excluding hydrogens is 184 g/mol. The summed E-state index contributed by atoms with van der Waals surface area (Å²) in [5.74, 6) is 0.752. The lowest BCUT2D eigenvalue weighted by molar-refractivity contribution is 0.196. The van der Waals surface area contributed by atoms with Gasteiger partial charge in [0, 0.05) is 19.1 Å². The maximum Gasteiger partial charge on any atom is 0.00936 e. The van der Waals surface area contributed by atoms with E-state index in [1.807, 2.05) is 0 Å². The van der Waals surface area contributed by atoms with Crippen LogP contribution in [0.25, 0.3) is 0 Å². The largest absolute Gasteiger partial charge is 0.316 e. The van der Waals surface area contributed by atoms with Crippen LogP contribution in [0, 0.1) is 11.3 Å². The monoisotopic (exact) mass is 212 g/mol. The topological polar surface area (TPSA) is 15.3 Å². The summed E-state index contributed by atoms with van der Waals surface area (Å²) in [6.45, 7) is 12.7. The fraction of sp³-hybridized carbons (Fsp3) is 1.00. The van der Waals surface area contributed by atoms with Crippen LogP contribution in [0.1, 0.15) is 40.5 Å². The fourth-order valence-corrected chi connectivity index (χ4v) is 2.07. The first-order valence-corrected chi connectivity index (χ1v) is 6.32. The highest BCUT2D eigenvalue weighted by Crippen LogP contribution is 2.28. The Hall–Kier alpha value is -0.0800. The van der Waals surface area contributed by atoms with Crippen molar-refractivity contribution in [3.8, 4) is 0 Å². The minimum absolute atomic E-state index is 0.395. The number of rotatable bonds is 7. The molecule has 1 aliphatic rings. The van der Waals surface area contributed by atoms with Crippen LogP contribution in [0.15, 0.2) is 0 Å². The molecule has 1 N–H and O–H groups in total. The first kappa shape index (κ1) is 13.0. The lowest BCUT2D eigenvalue weighted by Crippen LogP contribution is -2.40. The average molecular weight is 212 g/mol. The molecule has 0 aliphatic heterocycles. The Bertz CT molecular complexity index is 183. The second-order valence-corrected chi connectivity index (χ2v) is 6.34. The first-order chi connectivity index (χ1) is 6.91. The van der Waals surface area contributed by atoms with Crippen LogP contribution in [-0.4, -0.2) is 37.6 Å². The Labute approximate surface area is 95.4 Å². The fourth-order valence-electron chi connectivity index (χ4n) is 2.07. The van der Waals surface area contributed by atoms with Crippen molar-refractivity contribution >= 4 is 0 Å². The molecule has 1 rings (SSSR count). The van der Waals surface area contributed by atoms with E-state index in [1.54, 1.807) is 0 Å². The molecule has 1 aliphatic carbocycles. The quantitative estimate of drug-likeness (QED) is 0.697. The van der Waals surface area contributed by atoms with E-state index in [9.17, 15) is 0 Å². The van der Waals surface area contributed by atoms with Gasteiger partial charge in [-0.05, 0) is 37.8 Å². The molecule has 1 fully saturated rings. The third kappa shape index (κ3) is 5.53. The van der Waals surface area contributed by atoms with Crippen LogP contribution in [0.5, 0.6) is 0 Å². The summed E-state index contributed by atoms with van der Waals surface area (Å²) in [6, 6.07) is 0.884. The van der Waals surface area contributed by atoms with Crippen molar-refractivity contribution in [2.45, 2.75) is 46.6 Å². The molecule has 0 spiro atoms. The molecule has 1 saturated carbocycles. The molecule has 0 aromatic rings. The van der Waals surface area contributed by atoms with E-state index in [2.05, 4.69) is 45.0 Å². The molecule has 0 unspecified atom stereocenters. The summed E-state index contributed by atoms with van der Waals surface area (Å²) in [5.41, 5.74) is 0.395. The maximum atomic E-state index is 3.56. The Morgan fingerprint density at radius 3 is 2.40 bits per heavy atom. The lowest BCUT2D eigenvalue weighted by atomic mass is 9.92. The summed E-state index contributed by atoms with van der Waals surface area (Å²) in [5, 5.41) is 3.56. The number of hydrogen-bond acceptors (Lipinski definition) is 2. The standard InChI is InChI=1S/C13H28N2/c1-11(2)8-14-9-13(3,4)10-15(5)12-6-7-12/h11-12,14H,6-10H2,1-5H3. The van der Waals surface area contributed by atoms with Gasteiger partial charge in [0.1, 0.15) is 0 Å². The predicted molar refractivity (Wildman–Crippen MR) is 67.1 cm³/mol. The lowest BCUT2D eigenvalue weighted by Gasteiger charge is -2.31. The molecule has 0 radical (unpaired) electrons. The second-order valence-electron chi connectivity index (χ2n) is 6.34. The van der Waals surface area contributed by atoms with E-state index in [-0.39, 0.29) is 0 Å². The van der Waals surface area contributed by atoms with E-state index in [1.165, 1.54) is 19.4 Å². The third-order valence-electron chi connectivity index (χ3n) is 3.00. The van der Waals surface area contributed by atoms with Gasteiger partial charge in [0.2, 0.25) is 0 Å². The average Bonchev–Trinajstić information content (AvgIpc) is 2.82. The second kappa shape index (κ2) is 5.31. The van der Waals surface area contributed by atoms with Gasteiger partial charge in [-0.25, -0.2) is 0 Å². The third-order valence-corrected chi connectivity index (χ3v) is 3.00. The van der Waals surface area contributed by atoms with Gasteiger partial charge in [0.05, 0.1) is 0 Å². The zero-order valence-corrected chi connectivity index (χ0v) is 11.1. The SMILES string of the molecule is CC(C)CNCC(C)(C)CN(C)C1CC1. The van der Waals surface area contributed by atoms with Gasteiger partial charge in [-0.1, -0.05) is 27.7 Å². The first-order valence-electron chi connectivity index (χ1n) is 6.32. The van der Waals surface area contributed by atoms with Crippen LogP contribution >= 0.6 is 0 Å².